The third kappa shape index (κ3) is 1.78. The molecular formula is C17H13NO2. The molecule has 2 amide bonds. The van der Waals surface area contributed by atoms with Crippen molar-refractivity contribution in [2.75, 3.05) is 4.90 Å². The van der Waals surface area contributed by atoms with Crippen molar-refractivity contribution in [3.05, 3.63) is 65.2 Å². The molecule has 3 heteroatoms. The fraction of sp³-hybridized carbons (Fsp3) is 0.176. The number of hydrogen-bond acceptors (Lipinski definition) is 2. The average Bonchev–Trinajstić information content (AvgIpc) is 2.72. The SMILES string of the molecule is CC(C)c1cc#cc(N2C(=O)c3ccccc3C2=O)c1. The van der Waals surface area contributed by atoms with Crippen LogP contribution < -0.4 is 4.90 Å². The molecule has 1 aliphatic rings. The molecule has 0 spiro atoms. The minimum atomic E-state index is -0.295. The van der Waals surface area contributed by atoms with Crippen LogP contribution in [0, 0.1) is 12.1 Å². The zero-order valence-electron chi connectivity index (χ0n) is 11.3. The van der Waals surface area contributed by atoms with E-state index >= 15 is 0 Å². The van der Waals surface area contributed by atoms with Crippen molar-refractivity contribution in [3.63, 3.8) is 0 Å². The molecule has 0 atom stereocenters. The molecule has 0 saturated heterocycles. The van der Waals surface area contributed by atoms with E-state index in [-0.39, 0.29) is 11.8 Å². The number of carbonyl (C=O) groups excluding carboxylic acids is 2. The zero-order valence-corrected chi connectivity index (χ0v) is 11.3. The number of anilines is 1. The molecule has 3 nitrogen and oxygen atoms in total. The van der Waals surface area contributed by atoms with Crippen LogP contribution in [0.25, 0.3) is 0 Å². The number of amides is 2. The van der Waals surface area contributed by atoms with E-state index < -0.39 is 0 Å². The molecule has 0 N–H and O–H groups in total. The first-order chi connectivity index (χ1) is 9.59. The van der Waals surface area contributed by atoms with Crippen LogP contribution >= 0.6 is 0 Å². The lowest BCUT2D eigenvalue weighted by Crippen LogP contribution is -2.29. The van der Waals surface area contributed by atoms with Crippen LogP contribution in [0.1, 0.15) is 46.0 Å². The van der Waals surface area contributed by atoms with Crippen molar-refractivity contribution in [2.24, 2.45) is 0 Å². The van der Waals surface area contributed by atoms with Crippen LogP contribution in [0.5, 0.6) is 0 Å². The highest BCUT2D eigenvalue weighted by Crippen LogP contribution is 2.28. The summed E-state index contributed by atoms with van der Waals surface area (Å²) >= 11 is 0. The van der Waals surface area contributed by atoms with Crippen LogP contribution in [0.4, 0.5) is 5.69 Å². The number of carbonyl (C=O) groups is 2. The quantitative estimate of drug-likeness (QED) is 0.780. The largest absolute Gasteiger partial charge is 0.268 e. The summed E-state index contributed by atoms with van der Waals surface area (Å²) in [5.74, 6) is -0.290. The fourth-order valence-electron chi connectivity index (χ4n) is 2.29. The summed E-state index contributed by atoms with van der Waals surface area (Å²) < 4.78 is 0. The third-order valence-electron chi connectivity index (χ3n) is 3.44. The second-order valence-corrected chi connectivity index (χ2v) is 5.09. The van der Waals surface area contributed by atoms with Gasteiger partial charge in [0.15, 0.2) is 0 Å². The first kappa shape index (κ1) is 12.4. The highest BCUT2D eigenvalue weighted by atomic mass is 16.2. The van der Waals surface area contributed by atoms with Gasteiger partial charge >= 0.3 is 0 Å². The van der Waals surface area contributed by atoms with Gasteiger partial charge in [0.1, 0.15) is 5.69 Å². The Balaban J connectivity index is 2.07. The summed E-state index contributed by atoms with van der Waals surface area (Å²) in [6.45, 7) is 4.10. The minimum Gasteiger partial charge on any atom is -0.268 e. The lowest BCUT2D eigenvalue weighted by atomic mass is 10.0. The Morgan fingerprint density at radius 3 is 2.20 bits per heavy atom. The lowest BCUT2D eigenvalue weighted by molar-refractivity contribution is 0.0926. The summed E-state index contributed by atoms with van der Waals surface area (Å²) in [6.07, 6.45) is 0. The molecule has 0 unspecified atom stereocenters. The highest BCUT2D eigenvalue weighted by Gasteiger charge is 2.36. The Kier molecular flexibility index (Phi) is 2.80. The monoisotopic (exact) mass is 263 g/mol. The molecule has 0 fully saturated rings. The van der Waals surface area contributed by atoms with Crippen LogP contribution in [0.2, 0.25) is 0 Å². The predicted molar refractivity (Wildman–Crippen MR) is 75.8 cm³/mol. The molecule has 20 heavy (non-hydrogen) atoms. The molecule has 2 aromatic rings. The van der Waals surface area contributed by atoms with Gasteiger partial charge in [0, 0.05) is 0 Å². The van der Waals surface area contributed by atoms with Crippen molar-refractivity contribution in [2.45, 2.75) is 19.8 Å². The van der Waals surface area contributed by atoms with Crippen LogP contribution in [0.15, 0.2) is 36.4 Å². The highest BCUT2D eigenvalue weighted by molar-refractivity contribution is 6.34. The van der Waals surface area contributed by atoms with Crippen LogP contribution in [-0.4, -0.2) is 11.8 Å². The van der Waals surface area contributed by atoms with Gasteiger partial charge in [-0.1, -0.05) is 32.0 Å². The summed E-state index contributed by atoms with van der Waals surface area (Å²) in [6, 6.07) is 16.3. The molecule has 0 aliphatic carbocycles. The van der Waals surface area contributed by atoms with E-state index in [4.69, 9.17) is 0 Å². The van der Waals surface area contributed by atoms with E-state index in [9.17, 15) is 9.59 Å². The summed E-state index contributed by atoms with van der Waals surface area (Å²) in [4.78, 5) is 25.9. The normalized spacial score (nSPS) is 13.7. The van der Waals surface area contributed by atoms with E-state index in [1.165, 1.54) is 4.90 Å². The zero-order chi connectivity index (χ0) is 14.3. The molecule has 0 bridgehead atoms. The summed E-state index contributed by atoms with van der Waals surface area (Å²) in [7, 11) is 0. The van der Waals surface area contributed by atoms with Gasteiger partial charge < -0.3 is 0 Å². The standard InChI is InChI=1S/C17H13NO2/c1-11(2)12-6-5-7-13(10-12)18-16(19)14-8-3-4-9-15(14)17(18)20/h3-4,6,8-11H,1-2H3. The molecule has 2 aromatic carbocycles. The first-order valence-electron chi connectivity index (χ1n) is 6.50. The van der Waals surface area contributed by atoms with E-state index in [1.54, 1.807) is 24.3 Å². The van der Waals surface area contributed by atoms with E-state index in [1.807, 2.05) is 12.1 Å². The van der Waals surface area contributed by atoms with Crippen molar-refractivity contribution in [1.29, 1.82) is 0 Å². The van der Waals surface area contributed by atoms with Gasteiger partial charge in [-0.15, -0.1) is 0 Å². The summed E-state index contributed by atoms with van der Waals surface area (Å²) in [5.41, 5.74) is 2.37. The van der Waals surface area contributed by atoms with Gasteiger partial charge in [-0.2, -0.15) is 0 Å². The minimum absolute atomic E-state index is 0.295. The van der Waals surface area contributed by atoms with Crippen molar-refractivity contribution < 1.29 is 9.59 Å². The molecule has 98 valence electrons. The topological polar surface area (TPSA) is 37.4 Å². The predicted octanol–water partition coefficient (Wildman–Crippen LogP) is 3.21. The second kappa shape index (κ2) is 4.50. The fourth-order valence-corrected chi connectivity index (χ4v) is 2.29. The number of fused-ring (bicyclic) bond motifs is 1. The molecule has 1 aliphatic heterocycles. The van der Waals surface area contributed by atoms with Gasteiger partial charge in [-0.3, -0.25) is 9.59 Å². The molecule has 3 rings (SSSR count). The van der Waals surface area contributed by atoms with Crippen molar-refractivity contribution in [3.8, 4) is 0 Å². The van der Waals surface area contributed by atoms with Gasteiger partial charge in [0.05, 0.1) is 11.1 Å². The van der Waals surface area contributed by atoms with Crippen LogP contribution in [-0.2, 0) is 0 Å². The van der Waals surface area contributed by atoms with Gasteiger partial charge in [0.2, 0.25) is 0 Å². The maximum atomic E-state index is 12.4. The van der Waals surface area contributed by atoms with Gasteiger partial charge in [0.25, 0.3) is 11.8 Å². The number of rotatable bonds is 2. The number of imide groups is 1. The van der Waals surface area contributed by atoms with E-state index in [0.717, 1.165) is 5.56 Å². The number of benzene rings is 1. The van der Waals surface area contributed by atoms with Gasteiger partial charge in [-0.25, -0.2) is 4.90 Å². The Morgan fingerprint density at radius 1 is 1.05 bits per heavy atom. The Bertz CT molecular complexity index is 669. The van der Waals surface area contributed by atoms with Crippen molar-refractivity contribution >= 4 is 17.5 Å². The molecule has 1 heterocycles. The smallest absolute Gasteiger partial charge is 0.266 e. The Morgan fingerprint density at radius 2 is 1.65 bits per heavy atom. The number of nitrogens with zero attached hydrogens (tertiary/aromatic N) is 1. The first-order valence-corrected chi connectivity index (χ1v) is 6.50. The van der Waals surface area contributed by atoms with E-state index in [2.05, 4.69) is 26.0 Å². The van der Waals surface area contributed by atoms with E-state index in [0.29, 0.717) is 22.7 Å². The maximum Gasteiger partial charge on any atom is 0.266 e. The van der Waals surface area contributed by atoms with Crippen molar-refractivity contribution in [1.82, 2.24) is 0 Å². The average molecular weight is 263 g/mol. The summed E-state index contributed by atoms with van der Waals surface area (Å²) in [5, 5.41) is 0. The Hall–Kier alpha value is -2.60. The lowest BCUT2D eigenvalue weighted by Gasteiger charge is -2.13. The van der Waals surface area contributed by atoms with Gasteiger partial charge in [-0.05, 0) is 41.8 Å². The molecule has 0 saturated carbocycles. The molecular weight excluding hydrogens is 250 g/mol. The Labute approximate surface area is 117 Å². The molecule has 0 radical (unpaired) electrons. The third-order valence-corrected chi connectivity index (χ3v) is 3.44. The molecule has 0 aromatic heterocycles. The second-order valence-electron chi connectivity index (χ2n) is 5.09. The maximum absolute atomic E-state index is 12.4. The number of hydrogen-bond donors (Lipinski definition) is 0. The van der Waals surface area contributed by atoms with Crippen LogP contribution in [0.3, 0.4) is 0 Å².